The van der Waals surface area contributed by atoms with Crippen LogP contribution < -0.4 is 4.90 Å². The number of para-hydroxylation sites is 1. The predicted molar refractivity (Wildman–Crippen MR) is 150 cm³/mol. The molecule has 1 aromatic heterocycles. The Balaban J connectivity index is 1.40. The van der Waals surface area contributed by atoms with E-state index in [4.69, 9.17) is 11.6 Å². The van der Waals surface area contributed by atoms with Gasteiger partial charge in [-0.05, 0) is 55.0 Å². The molecule has 5 rings (SSSR count). The van der Waals surface area contributed by atoms with Gasteiger partial charge in [0.15, 0.2) is 0 Å². The Kier molecular flexibility index (Phi) is 8.99. The van der Waals surface area contributed by atoms with E-state index in [0.717, 1.165) is 59.7 Å². The number of carbonyl (C=O) groups excluding carboxylic acids is 2. The molecular weight excluding hydrogens is 555 g/mol. The third kappa shape index (κ3) is 7.68. The summed E-state index contributed by atoms with van der Waals surface area (Å²) in [6.07, 6.45) is 0.298. The molecule has 41 heavy (non-hydrogen) atoms. The van der Waals surface area contributed by atoms with Crippen molar-refractivity contribution in [2.24, 2.45) is 5.92 Å². The second-order valence-electron chi connectivity index (χ2n) is 10.7. The van der Waals surface area contributed by atoms with Gasteiger partial charge in [0.1, 0.15) is 6.54 Å². The van der Waals surface area contributed by atoms with Crippen molar-refractivity contribution in [3.63, 3.8) is 0 Å². The first-order valence-corrected chi connectivity index (χ1v) is 14.3. The summed E-state index contributed by atoms with van der Waals surface area (Å²) < 4.78 is 40.3. The first kappa shape index (κ1) is 29.1. The topological polar surface area (TPSA) is 61.7 Å². The van der Waals surface area contributed by atoms with Gasteiger partial charge in [-0.2, -0.15) is 18.3 Å². The molecule has 0 saturated heterocycles. The number of aromatic nitrogens is 2. The van der Waals surface area contributed by atoms with Crippen LogP contribution in [0.5, 0.6) is 0 Å². The van der Waals surface area contributed by atoms with E-state index in [1.165, 1.54) is 0 Å². The molecule has 1 fully saturated rings. The maximum absolute atomic E-state index is 13.5. The Morgan fingerprint density at radius 3 is 2.34 bits per heavy atom. The minimum atomic E-state index is -4.53. The molecule has 0 spiro atoms. The van der Waals surface area contributed by atoms with Gasteiger partial charge in [-0.25, -0.2) is 0 Å². The van der Waals surface area contributed by atoms with Gasteiger partial charge in [-0.1, -0.05) is 41.9 Å². The van der Waals surface area contributed by atoms with Gasteiger partial charge in [0.25, 0.3) is 0 Å². The van der Waals surface area contributed by atoms with E-state index in [0.29, 0.717) is 37.6 Å². The Morgan fingerprint density at radius 1 is 0.951 bits per heavy atom. The minimum absolute atomic E-state index is 0.0292. The fraction of sp³-hybridized carbons (Fsp3) is 0.433. The number of alkyl halides is 3. The average molecular weight is 588 g/mol. The number of nitrogens with zero attached hydrogens (tertiary/aromatic N) is 5. The summed E-state index contributed by atoms with van der Waals surface area (Å²) in [5.74, 6) is -0.202. The van der Waals surface area contributed by atoms with Crippen molar-refractivity contribution in [3.8, 4) is 0 Å². The Bertz CT molecular complexity index is 1360. The maximum Gasteiger partial charge on any atom is 0.419 e. The minimum Gasteiger partial charge on any atom is -0.337 e. The molecule has 0 atom stereocenters. The number of amides is 2. The molecule has 218 valence electrons. The quantitative estimate of drug-likeness (QED) is 0.389. The van der Waals surface area contributed by atoms with Crippen molar-refractivity contribution < 1.29 is 22.8 Å². The van der Waals surface area contributed by atoms with Crippen LogP contribution in [0.1, 0.15) is 42.4 Å². The van der Waals surface area contributed by atoms with E-state index in [-0.39, 0.29) is 30.8 Å². The lowest BCUT2D eigenvalue weighted by atomic mass is 10.1. The van der Waals surface area contributed by atoms with E-state index in [1.54, 1.807) is 4.90 Å². The summed E-state index contributed by atoms with van der Waals surface area (Å²) in [6, 6.07) is 15.3. The average Bonchev–Trinajstić information content (AvgIpc) is 3.68. The van der Waals surface area contributed by atoms with Gasteiger partial charge < -0.3 is 9.80 Å². The van der Waals surface area contributed by atoms with Crippen LogP contribution in [0.3, 0.4) is 0 Å². The van der Waals surface area contributed by atoms with Gasteiger partial charge in [0.05, 0.1) is 11.8 Å². The monoisotopic (exact) mass is 587 g/mol. The molecule has 0 bridgehead atoms. The SMILES string of the molecule is O=C(Cn1cc(C(F)(F)F)cn1)N1CCCN(Cc2ccc(Cl)cc2)CCCN(C(=O)C2CC2)c2ccccc2C1. The van der Waals surface area contributed by atoms with Gasteiger partial charge >= 0.3 is 6.18 Å². The molecule has 2 amide bonds. The van der Waals surface area contributed by atoms with Crippen LogP contribution in [0.4, 0.5) is 18.9 Å². The van der Waals surface area contributed by atoms with Crippen molar-refractivity contribution >= 4 is 29.1 Å². The number of hydrogen-bond acceptors (Lipinski definition) is 4. The van der Waals surface area contributed by atoms with Gasteiger partial charge in [-0.15, -0.1) is 0 Å². The number of hydrogen-bond donors (Lipinski definition) is 0. The molecule has 1 saturated carbocycles. The number of carbonyl (C=O) groups is 2. The third-order valence-electron chi connectivity index (χ3n) is 7.52. The normalized spacial score (nSPS) is 17.5. The molecule has 3 aromatic rings. The molecule has 0 unspecified atom stereocenters. The highest BCUT2D eigenvalue weighted by Gasteiger charge is 2.35. The van der Waals surface area contributed by atoms with Gasteiger partial charge in [0.2, 0.25) is 11.8 Å². The first-order valence-electron chi connectivity index (χ1n) is 13.9. The summed E-state index contributed by atoms with van der Waals surface area (Å²) >= 11 is 6.07. The highest BCUT2D eigenvalue weighted by molar-refractivity contribution is 6.30. The summed E-state index contributed by atoms with van der Waals surface area (Å²) in [6.45, 7) is 3.09. The highest BCUT2D eigenvalue weighted by Crippen LogP contribution is 2.34. The lowest BCUT2D eigenvalue weighted by Crippen LogP contribution is -2.40. The van der Waals surface area contributed by atoms with Crippen LogP contribution in [0.2, 0.25) is 5.02 Å². The second kappa shape index (κ2) is 12.7. The molecule has 2 aliphatic rings. The molecule has 11 heteroatoms. The van der Waals surface area contributed by atoms with Gasteiger partial charge in [0, 0.05) is 62.1 Å². The largest absolute Gasteiger partial charge is 0.419 e. The zero-order valence-corrected chi connectivity index (χ0v) is 23.4. The van der Waals surface area contributed by atoms with Crippen molar-refractivity contribution in [1.82, 2.24) is 19.6 Å². The predicted octanol–water partition coefficient (Wildman–Crippen LogP) is 5.62. The van der Waals surface area contributed by atoms with E-state index < -0.39 is 11.7 Å². The fourth-order valence-corrected chi connectivity index (χ4v) is 5.32. The van der Waals surface area contributed by atoms with E-state index >= 15 is 0 Å². The number of benzene rings is 2. The fourth-order valence-electron chi connectivity index (χ4n) is 5.20. The highest BCUT2D eigenvalue weighted by atomic mass is 35.5. The number of fused-ring (bicyclic) bond motifs is 1. The van der Waals surface area contributed by atoms with Crippen LogP contribution in [0, 0.1) is 5.92 Å². The Labute approximate surface area is 242 Å². The van der Waals surface area contributed by atoms with Crippen molar-refractivity contribution in [2.45, 2.75) is 51.5 Å². The van der Waals surface area contributed by atoms with Crippen LogP contribution in [-0.4, -0.2) is 57.6 Å². The Morgan fingerprint density at radius 2 is 1.66 bits per heavy atom. The molecule has 0 N–H and O–H groups in total. The van der Waals surface area contributed by atoms with E-state index in [9.17, 15) is 22.8 Å². The van der Waals surface area contributed by atoms with Crippen molar-refractivity contribution in [1.29, 1.82) is 0 Å². The molecular formula is C30H33ClF3N5O2. The van der Waals surface area contributed by atoms with Gasteiger partial charge in [-0.3, -0.25) is 19.2 Å². The molecule has 2 aromatic carbocycles. The molecule has 1 aliphatic carbocycles. The first-order chi connectivity index (χ1) is 19.7. The summed E-state index contributed by atoms with van der Waals surface area (Å²) in [7, 11) is 0. The summed E-state index contributed by atoms with van der Waals surface area (Å²) in [5, 5.41) is 4.44. The van der Waals surface area contributed by atoms with Crippen LogP contribution in [0.25, 0.3) is 0 Å². The molecule has 1 aliphatic heterocycles. The number of rotatable bonds is 5. The van der Waals surface area contributed by atoms with E-state index in [1.807, 2.05) is 53.4 Å². The standard InChI is InChI=1S/C30H33ClF3N5O2/c31-26-11-7-22(8-12-26)18-36-13-3-15-37(28(40)21-38-20-25(17-35-38)30(32,33)34)19-24-5-1-2-6-27(24)39(16-4-14-36)29(41)23-9-10-23/h1-2,5-8,11-12,17,20,23H,3-4,9-10,13-16,18-19,21H2. The Hall–Kier alpha value is -3.37. The molecule has 7 nitrogen and oxygen atoms in total. The van der Waals surface area contributed by atoms with Crippen LogP contribution in [0.15, 0.2) is 60.9 Å². The molecule has 0 radical (unpaired) electrons. The molecule has 2 heterocycles. The lowest BCUT2D eigenvalue weighted by molar-refractivity contribution is -0.138. The number of halogens is 4. The maximum atomic E-state index is 13.5. The summed E-state index contributed by atoms with van der Waals surface area (Å²) in [4.78, 5) is 32.7. The third-order valence-corrected chi connectivity index (χ3v) is 7.78. The van der Waals surface area contributed by atoms with Crippen molar-refractivity contribution in [2.75, 3.05) is 31.1 Å². The number of anilines is 1. The zero-order chi connectivity index (χ0) is 29.0. The lowest BCUT2D eigenvalue weighted by Gasteiger charge is -2.32. The van der Waals surface area contributed by atoms with Crippen molar-refractivity contribution in [3.05, 3.63) is 82.6 Å². The second-order valence-corrected chi connectivity index (χ2v) is 11.2. The van der Waals surface area contributed by atoms with Crippen LogP contribution >= 0.6 is 11.6 Å². The zero-order valence-electron chi connectivity index (χ0n) is 22.7. The smallest absolute Gasteiger partial charge is 0.337 e. The van der Waals surface area contributed by atoms with E-state index in [2.05, 4.69) is 10.00 Å². The van der Waals surface area contributed by atoms with Crippen LogP contribution in [-0.2, 0) is 35.4 Å². The summed E-state index contributed by atoms with van der Waals surface area (Å²) in [5.41, 5.74) is 1.84.